The highest BCUT2D eigenvalue weighted by molar-refractivity contribution is 5.33. The van der Waals surface area contributed by atoms with Gasteiger partial charge in [0.1, 0.15) is 0 Å². The summed E-state index contributed by atoms with van der Waals surface area (Å²) < 4.78 is 5.40. The normalized spacial score (nSPS) is 18.8. The SMILES string of the molecule is CC1(C)CNCCO1.Nc1ccncc1. The minimum absolute atomic E-state index is 0.0677. The van der Waals surface area contributed by atoms with Gasteiger partial charge in [-0.1, -0.05) is 0 Å². The molecule has 0 aromatic carbocycles. The van der Waals surface area contributed by atoms with Crippen molar-refractivity contribution in [3.05, 3.63) is 24.5 Å². The number of nitrogen functional groups attached to an aromatic ring is 1. The van der Waals surface area contributed by atoms with Crippen molar-refractivity contribution in [2.24, 2.45) is 0 Å². The Hall–Kier alpha value is -1.13. The van der Waals surface area contributed by atoms with Crippen LogP contribution < -0.4 is 11.1 Å². The molecule has 1 saturated heterocycles. The molecular formula is C11H19N3O. The Morgan fingerprint density at radius 2 is 2.07 bits per heavy atom. The van der Waals surface area contributed by atoms with Crippen molar-refractivity contribution in [2.45, 2.75) is 19.4 Å². The van der Waals surface area contributed by atoms with Gasteiger partial charge in [-0.3, -0.25) is 4.98 Å². The standard InChI is InChI=1S/C6H13NO.C5H6N2/c1-6(2)5-7-3-4-8-6;6-5-1-3-7-4-2-5/h7H,3-5H2,1-2H3;1-4H,(H2,6,7). The second kappa shape index (κ2) is 5.68. The molecule has 2 heterocycles. The zero-order valence-corrected chi connectivity index (χ0v) is 9.36. The number of hydrogen-bond acceptors (Lipinski definition) is 4. The molecule has 0 spiro atoms. The van der Waals surface area contributed by atoms with Gasteiger partial charge in [-0.25, -0.2) is 0 Å². The summed E-state index contributed by atoms with van der Waals surface area (Å²) in [5.41, 5.74) is 6.14. The molecule has 0 amide bonds. The average molecular weight is 209 g/mol. The minimum Gasteiger partial charge on any atom is -0.399 e. The van der Waals surface area contributed by atoms with Crippen molar-refractivity contribution in [3.63, 3.8) is 0 Å². The highest BCUT2D eigenvalue weighted by Crippen LogP contribution is 2.08. The Morgan fingerprint density at radius 3 is 2.33 bits per heavy atom. The molecule has 1 aromatic heterocycles. The smallest absolute Gasteiger partial charge is 0.0750 e. The van der Waals surface area contributed by atoms with Gasteiger partial charge >= 0.3 is 0 Å². The second-order valence-electron chi connectivity index (χ2n) is 4.07. The van der Waals surface area contributed by atoms with E-state index in [1.54, 1.807) is 24.5 Å². The van der Waals surface area contributed by atoms with Crippen molar-refractivity contribution in [3.8, 4) is 0 Å². The van der Waals surface area contributed by atoms with E-state index >= 15 is 0 Å². The van der Waals surface area contributed by atoms with Gasteiger partial charge < -0.3 is 15.8 Å². The maximum Gasteiger partial charge on any atom is 0.0750 e. The number of ether oxygens (including phenoxy) is 1. The van der Waals surface area contributed by atoms with Gasteiger partial charge in [-0.15, -0.1) is 0 Å². The Labute approximate surface area is 90.8 Å². The van der Waals surface area contributed by atoms with E-state index in [1.165, 1.54) is 0 Å². The van der Waals surface area contributed by atoms with Crippen molar-refractivity contribution < 1.29 is 4.74 Å². The first kappa shape index (κ1) is 11.9. The number of nitrogens with two attached hydrogens (primary N) is 1. The van der Waals surface area contributed by atoms with E-state index < -0.39 is 0 Å². The summed E-state index contributed by atoms with van der Waals surface area (Å²) in [6.07, 6.45) is 3.32. The molecule has 0 bridgehead atoms. The third kappa shape index (κ3) is 5.34. The van der Waals surface area contributed by atoms with Crippen LogP contribution in [0.25, 0.3) is 0 Å². The molecule has 0 aliphatic carbocycles. The summed E-state index contributed by atoms with van der Waals surface area (Å²) in [5.74, 6) is 0. The fourth-order valence-corrected chi connectivity index (χ4v) is 1.20. The van der Waals surface area contributed by atoms with Crippen LogP contribution in [0, 0.1) is 0 Å². The number of rotatable bonds is 0. The molecule has 1 aliphatic rings. The third-order valence-electron chi connectivity index (χ3n) is 2.03. The van der Waals surface area contributed by atoms with Crippen molar-refractivity contribution in [2.75, 3.05) is 25.4 Å². The Balaban J connectivity index is 0.000000151. The first-order valence-electron chi connectivity index (χ1n) is 5.10. The predicted molar refractivity (Wildman–Crippen MR) is 61.6 cm³/mol. The molecule has 1 fully saturated rings. The summed E-state index contributed by atoms with van der Waals surface area (Å²) in [5, 5.41) is 3.25. The van der Waals surface area contributed by atoms with Crippen LogP contribution in [0.1, 0.15) is 13.8 Å². The molecule has 84 valence electrons. The van der Waals surface area contributed by atoms with Crippen molar-refractivity contribution in [1.29, 1.82) is 0 Å². The molecule has 0 atom stereocenters. The lowest BCUT2D eigenvalue weighted by molar-refractivity contribution is -0.0384. The highest BCUT2D eigenvalue weighted by Gasteiger charge is 2.20. The molecule has 4 heteroatoms. The van der Waals surface area contributed by atoms with Crippen LogP contribution in [0.3, 0.4) is 0 Å². The van der Waals surface area contributed by atoms with Gasteiger partial charge in [-0.2, -0.15) is 0 Å². The van der Waals surface area contributed by atoms with Crippen LogP contribution >= 0.6 is 0 Å². The third-order valence-corrected chi connectivity index (χ3v) is 2.03. The largest absolute Gasteiger partial charge is 0.399 e. The van der Waals surface area contributed by atoms with Crippen LogP contribution in [-0.2, 0) is 4.74 Å². The maximum absolute atomic E-state index is 5.40. The lowest BCUT2D eigenvalue weighted by Gasteiger charge is -2.30. The number of nitrogens with one attached hydrogen (secondary N) is 1. The molecular weight excluding hydrogens is 190 g/mol. The summed E-state index contributed by atoms with van der Waals surface area (Å²) in [6.45, 7) is 7.03. The van der Waals surface area contributed by atoms with Gasteiger partial charge in [-0.05, 0) is 26.0 Å². The maximum atomic E-state index is 5.40. The molecule has 2 rings (SSSR count). The molecule has 0 unspecified atom stereocenters. The zero-order chi connectivity index (χ0) is 11.1. The number of pyridine rings is 1. The van der Waals surface area contributed by atoms with Crippen LogP contribution in [0.15, 0.2) is 24.5 Å². The molecule has 0 radical (unpaired) electrons. The number of hydrogen-bond donors (Lipinski definition) is 2. The van der Waals surface area contributed by atoms with E-state index in [-0.39, 0.29) is 5.60 Å². The fraction of sp³-hybridized carbons (Fsp3) is 0.545. The quantitative estimate of drug-likeness (QED) is 0.670. The number of morpholine rings is 1. The Kier molecular flexibility index (Phi) is 4.52. The Morgan fingerprint density at radius 1 is 1.40 bits per heavy atom. The predicted octanol–water partition coefficient (Wildman–Crippen LogP) is 1.05. The average Bonchev–Trinajstić information content (AvgIpc) is 2.19. The zero-order valence-electron chi connectivity index (χ0n) is 9.36. The number of nitrogens with zero attached hydrogens (tertiary/aromatic N) is 1. The molecule has 1 aliphatic heterocycles. The second-order valence-corrected chi connectivity index (χ2v) is 4.07. The first-order valence-corrected chi connectivity index (χ1v) is 5.10. The van der Waals surface area contributed by atoms with Crippen LogP contribution in [0.2, 0.25) is 0 Å². The van der Waals surface area contributed by atoms with Crippen molar-refractivity contribution in [1.82, 2.24) is 10.3 Å². The lowest BCUT2D eigenvalue weighted by atomic mass is 10.1. The summed E-state index contributed by atoms with van der Waals surface area (Å²) in [7, 11) is 0. The van der Waals surface area contributed by atoms with E-state index in [1.807, 2.05) is 0 Å². The molecule has 3 N–H and O–H groups in total. The topological polar surface area (TPSA) is 60.2 Å². The molecule has 15 heavy (non-hydrogen) atoms. The summed E-state index contributed by atoms with van der Waals surface area (Å²) in [4.78, 5) is 3.77. The van der Waals surface area contributed by atoms with Gasteiger partial charge in [0.15, 0.2) is 0 Å². The van der Waals surface area contributed by atoms with Crippen LogP contribution in [0.4, 0.5) is 5.69 Å². The highest BCUT2D eigenvalue weighted by atomic mass is 16.5. The van der Waals surface area contributed by atoms with Crippen molar-refractivity contribution >= 4 is 5.69 Å². The van der Waals surface area contributed by atoms with E-state index in [4.69, 9.17) is 10.5 Å². The van der Waals surface area contributed by atoms with E-state index in [0.717, 1.165) is 25.4 Å². The Bertz CT molecular complexity index is 266. The molecule has 1 aromatic rings. The monoisotopic (exact) mass is 209 g/mol. The number of aromatic nitrogens is 1. The molecule has 4 nitrogen and oxygen atoms in total. The van der Waals surface area contributed by atoms with Crippen LogP contribution in [-0.4, -0.2) is 30.3 Å². The van der Waals surface area contributed by atoms with E-state index in [0.29, 0.717) is 0 Å². The lowest BCUT2D eigenvalue weighted by Crippen LogP contribution is -2.45. The molecule has 0 saturated carbocycles. The summed E-state index contributed by atoms with van der Waals surface area (Å²) >= 11 is 0. The van der Waals surface area contributed by atoms with E-state index in [2.05, 4.69) is 24.1 Å². The fourth-order valence-electron chi connectivity index (χ4n) is 1.20. The summed E-state index contributed by atoms with van der Waals surface area (Å²) in [6, 6.07) is 3.50. The van der Waals surface area contributed by atoms with E-state index in [9.17, 15) is 0 Å². The first-order chi connectivity index (χ1) is 7.10. The minimum atomic E-state index is 0.0677. The van der Waals surface area contributed by atoms with Gasteiger partial charge in [0.05, 0.1) is 12.2 Å². The van der Waals surface area contributed by atoms with Crippen LogP contribution in [0.5, 0.6) is 0 Å². The number of anilines is 1. The van der Waals surface area contributed by atoms with Gasteiger partial charge in [0.2, 0.25) is 0 Å². The van der Waals surface area contributed by atoms with Gasteiger partial charge in [0.25, 0.3) is 0 Å². The van der Waals surface area contributed by atoms with Gasteiger partial charge in [0, 0.05) is 31.2 Å².